The summed E-state index contributed by atoms with van der Waals surface area (Å²) in [7, 11) is 0. The Balaban J connectivity index is 1.42. The summed E-state index contributed by atoms with van der Waals surface area (Å²) in [6.45, 7) is 3.88. The van der Waals surface area contributed by atoms with E-state index in [1.165, 1.54) is 6.42 Å². The van der Waals surface area contributed by atoms with Crippen LogP contribution in [0.5, 0.6) is 0 Å². The number of nitrogens with zero attached hydrogens (tertiary/aromatic N) is 6. The maximum Gasteiger partial charge on any atom is 0.254 e. The summed E-state index contributed by atoms with van der Waals surface area (Å²) < 4.78 is 0. The Hall–Kier alpha value is -2.38. The average Bonchev–Trinajstić information content (AvgIpc) is 3.07. The van der Waals surface area contributed by atoms with Crippen LogP contribution in [-0.2, 0) is 12.0 Å². The first kappa shape index (κ1) is 16.8. The third-order valence-corrected chi connectivity index (χ3v) is 6.63. The number of carbonyl (C=O) groups excluding carboxylic acids is 1. The summed E-state index contributed by atoms with van der Waals surface area (Å²) in [4.78, 5) is 23.3. The number of nitrogens with one attached hydrogen (secondary N) is 1. The maximum atomic E-state index is 12.9. The monoisotopic (exact) mass is 367 g/mol. The van der Waals surface area contributed by atoms with Gasteiger partial charge in [-0.25, -0.2) is 9.97 Å². The molecule has 2 heterocycles. The lowest BCUT2D eigenvalue weighted by molar-refractivity contribution is -0.0811. The van der Waals surface area contributed by atoms with Crippen LogP contribution in [0.2, 0.25) is 0 Å². The Morgan fingerprint density at radius 2 is 1.93 bits per heavy atom. The number of aromatic nitrogens is 6. The largest absolute Gasteiger partial charge is 0.346 e. The Morgan fingerprint density at radius 1 is 1.22 bits per heavy atom. The van der Waals surface area contributed by atoms with Gasteiger partial charge in [-0.1, -0.05) is 6.92 Å². The number of tetrazole rings is 1. The van der Waals surface area contributed by atoms with E-state index in [4.69, 9.17) is 0 Å². The minimum atomic E-state index is -0.188. The van der Waals surface area contributed by atoms with E-state index >= 15 is 0 Å². The van der Waals surface area contributed by atoms with Crippen molar-refractivity contribution >= 4 is 5.91 Å². The van der Waals surface area contributed by atoms with Gasteiger partial charge < -0.3 is 5.32 Å². The van der Waals surface area contributed by atoms with E-state index in [9.17, 15) is 4.79 Å². The van der Waals surface area contributed by atoms with Crippen molar-refractivity contribution in [1.29, 1.82) is 0 Å². The highest BCUT2D eigenvalue weighted by Gasteiger charge is 2.60. The fraction of sp³-hybridized carbons (Fsp3) is 0.684. The van der Waals surface area contributed by atoms with Crippen LogP contribution in [-0.4, -0.2) is 41.6 Å². The van der Waals surface area contributed by atoms with Gasteiger partial charge in [0, 0.05) is 24.4 Å². The third kappa shape index (κ3) is 2.73. The fourth-order valence-electron chi connectivity index (χ4n) is 6.05. The molecule has 2 atom stereocenters. The molecule has 4 saturated carbocycles. The number of hydrogen-bond donors (Lipinski definition) is 1. The van der Waals surface area contributed by atoms with E-state index in [-0.39, 0.29) is 17.0 Å². The van der Waals surface area contributed by atoms with Gasteiger partial charge >= 0.3 is 0 Å². The predicted octanol–water partition coefficient (Wildman–Crippen LogP) is 1.81. The first-order valence-corrected chi connectivity index (χ1v) is 9.90. The minimum Gasteiger partial charge on any atom is -0.346 e. The number of hydrogen-bond acceptors (Lipinski definition) is 6. The van der Waals surface area contributed by atoms with Crippen LogP contribution >= 0.6 is 0 Å². The smallest absolute Gasteiger partial charge is 0.254 e. The highest BCUT2D eigenvalue weighted by Crippen LogP contribution is 2.60. The molecule has 8 nitrogen and oxygen atoms in total. The van der Waals surface area contributed by atoms with Gasteiger partial charge in [0.25, 0.3) is 5.91 Å². The molecule has 4 aliphatic rings. The van der Waals surface area contributed by atoms with Gasteiger partial charge in [0.2, 0.25) is 0 Å². The van der Waals surface area contributed by atoms with Crippen molar-refractivity contribution in [3.8, 4) is 0 Å². The Morgan fingerprint density at radius 3 is 2.52 bits per heavy atom. The molecule has 0 radical (unpaired) electrons. The maximum absolute atomic E-state index is 12.9. The summed E-state index contributed by atoms with van der Waals surface area (Å²) in [6, 6.07) is 0. The lowest BCUT2D eigenvalue weighted by atomic mass is 9.50. The Kier molecular flexibility index (Phi) is 3.61. The number of amides is 1. The molecule has 2 aromatic rings. The molecule has 6 rings (SSSR count). The predicted molar refractivity (Wildman–Crippen MR) is 96.8 cm³/mol. The van der Waals surface area contributed by atoms with E-state index in [0.717, 1.165) is 44.3 Å². The standard InChI is InChI=1S/C19H25N7O/c1-3-16-20-9-15(10-21-16)17(27)22-18-5-13-4-14(6-18)8-19(7-13,11-18)26-24-12(2)23-25-26/h9-10,13-14H,3-8,11H2,1-2H3,(H,22,27)/t13-,14-,18?,19?/m0/s1. The van der Waals surface area contributed by atoms with Crippen LogP contribution in [0.3, 0.4) is 0 Å². The molecule has 4 aliphatic carbocycles. The van der Waals surface area contributed by atoms with E-state index in [0.29, 0.717) is 23.2 Å². The quantitative estimate of drug-likeness (QED) is 0.885. The number of rotatable bonds is 4. The molecule has 27 heavy (non-hydrogen) atoms. The van der Waals surface area contributed by atoms with Gasteiger partial charge in [-0.3, -0.25) is 4.79 Å². The lowest BCUT2D eigenvalue weighted by Crippen LogP contribution is -2.66. The van der Waals surface area contributed by atoms with Crippen LogP contribution in [0, 0.1) is 18.8 Å². The van der Waals surface area contributed by atoms with Crippen molar-refractivity contribution in [2.24, 2.45) is 11.8 Å². The van der Waals surface area contributed by atoms with E-state index in [1.807, 2.05) is 18.6 Å². The molecule has 142 valence electrons. The molecule has 2 aromatic heterocycles. The van der Waals surface area contributed by atoms with Gasteiger partial charge in [-0.15, -0.1) is 10.2 Å². The molecule has 1 N–H and O–H groups in total. The average molecular weight is 367 g/mol. The van der Waals surface area contributed by atoms with E-state index < -0.39 is 0 Å². The van der Waals surface area contributed by atoms with Crippen molar-refractivity contribution in [2.75, 3.05) is 0 Å². The van der Waals surface area contributed by atoms with Crippen molar-refractivity contribution in [3.05, 3.63) is 29.6 Å². The molecule has 1 amide bonds. The zero-order valence-electron chi connectivity index (χ0n) is 15.9. The molecular formula is C19H25N7O. The molecule has 0 aromatic carbocycles. The fourth-order valence-corrected chi connectivity index (χ4v) is 6.05. The van der Waals surface area contributed by atoms with Gasteiger partial charge in [0.1, 0.15) is 5.82 Å². The van der Waals surface area contributed by atoms with Crippen LogP contribution in [0.4, 0.5) is 0 Å². The minimum absolute atomic E-state index is 0.0718. The number of aryl methyl sites for hydroxylation is 2. The molecular weight excluding hydrogens is 342 g/mol. The molecule has 4 bridgehead atoms. The molecule has 0 unspecified atom stereocenters. The van der Waals surface area contributed by atoms with Crippen molar-refractivity contribution in [3.63, 3.8) is 0 Å². The SMILES string of the molecule is CCc1ncc(C(=O)NC23C[C@@H]4C[C@@H](C2)CC(n2nnc(C)n2)(C4)C3)cn1. The zero-order chi connectivity index (χ0) is 18.6. The van der Waals surface area contributed by atoms with Crippen molar-refractivity contribution in [2.45, 2.75) is 69.9 Å². The van der Waals surface area contributed by atoms with Crippen LogP contribution in [0.25, 0.3) is 0 Å². The van der Waals surface area contributed by atoms with Crippen molar-refractivity contribution < 1.29 is 4.79 Å². The Bertz CT molecular complexity index is 860. The Labute approximate surface area is 158 Å². The highest BCUT2D eigenvalue weighted by molar-refractivity contribution is 5.94. The van der Waals surface area contributed by atoms with Gasteiger partial charge in [-0.05, 0) is 62.5 Å². The zero-order valence-corrected chi connectivity index (χ0v) is 15.9. The van der Waals surface area contributed by atoms with Crippen LogP contribution < -0.4 is 5.32 Å². The second kappa shape index (κ2) is 5.81. The van der Waals surface area contributed by atoms with Gasteiger partial charge in [0.05, 0.1) is 11.1 Å². The van der Waals surface area contributed by atoms with E-state index in [1.54, 1.807) is 12.4 Å². The van der Waals surface area contributed by atoms with E-state index in [2.05, 4.69) is 30.7 Å². The molecule has 0 aliphatic heterocycles. The normalized spacial score (nSPS) is 34.0. The lowest BCUT2D eigenvalue weighted by Gasteiger charge is -2.61. The van der Waals surface area contributed by atoms with Crippen molar-refractivity contribution in [1.82, 2.24) is 35.5 Å². The summed E-state index contributed by atoms with van der Waals surface area (Å²) in [5, 5.41) is 16.4. The second-order valence-corrected chi connectivity index (χ2v) is 8.79. The van der Waals surface area contributed by atoms with Gasteiger partial charge in [-0.2, -0.15) is 4.80 Å². The topological polar surface area (TPSA) is 98.5 Å². The highest BCUT2D eigenvalue weighted by atomic mass is 16.1. The van der Waals surface area contributed by atoms with Crippen LogP contribution in [0.15, 0.2) is 12.4 Å². The first-order valence-electron chi connectivity index (χ1n) is 9.90. The summed E-state index contributed by atoms with van der Waals surface area (Å²) in [5.41, 5.74) is 0.236. The summed E-state index contributed by atoms with van der Waals surface area (Å²) in [5.74, 6) is 2.61. The molecule has 4 fully saturated rings. The van der Waals surface area contributed by atoms with Crippen LogP contribution in [0.1, 0.15) is 67.5 Å². The second-order valence-electron chi connectivity index (χ2n) is 8.79. The van der Waals surface area contributed by atoms with Gasteiger partial charge in [0.15, 0.2) is 5.82 Å². The molecule has 0 spiro atoms. The summed E-state index contributed by atoms with van der Waals surface area (Å²) >= 11 is 0. The molecule has 0 saturated heterocycles. The summed E-state index contributed by atoms with van der Waals surface area (Å²) in [6.07, 6.45) is 10.4. The molecule has 8 heteroatoms. The number of carbonyl (C=O) groups is 1. The first-order chi connectivity index (χ1) is 13.0. The third-order valence-electron chi connectivity index (χ3n) is 6.63.